The van der Waals surface area contributed by atoms with E-state index in [4.69, 9.17) is 11.3 Å². The summed E-state index contributed by atoms with van der Waals surface area (Å²) in [5.74, 6) is 0. The molecule has 1 aromatic carbocycles. The van der Waals surface area contributed by atoms with Crippen molar-refractivity contribution >= 4 is 34.0 Å². The molecule has 0 amide bonds. The number of nitrogens with two attached hydrogens (primary N) is 1. The van der Waals surface area contributed by atoms with E-state index in [1.165, 1.54) is 0 Å². The molecule has 2 N–H and O–H groups in total. The van der Waals surface area contributed by atoms with Gasteiger partial charge >= 0.3 is 0 Å². The zero-order valence-electron chi connectivity index (χ0n) is 6.45. The van der Waals surface area contributed by atoms with Crippen molar-refractivity contribution in [3.05, 3.63) is 31.7 Å². The number of nitrogens with zero attached hydrogens (tertiary/aromatic N) is 3. The molecule has 0 saturated heterocycles. The zero-order chi connectivity index (χ0) is 9.14. The van der Waals surface area contributed by atoms with E-state index in [9.17, 15) is 0 Å². The van der Waals surface area contributed by atoms with E-state index in [1.54, 1.807) is 12.1 Å². The molecule has 5 heteroatoms. The third kappa shape index (κ3) is 1.80. The number of halogens is 1. The van der Waals surface area contributed by atoms with Crippen molar-refractivity contribution in [3.8, 4) is 0 Å². The van der Waals surface area contributed by atoms with Crippen LogP contribution in [0.1, 0.15) is 5.56 Å². The Morgan fingerprint density at radius 1 is 1.58 bits per heavy atom. The van der Waals surface area contributed by atoms with Gasteiger partial charge in [-0.3, -0.25) is 0 Å². The highest BCUT2D eigenvalue weighted by atomic mass is 127. The SMILES string of the molecule is Cc1cc(N)c(N=[N+]=[N-])cc1I. The molecule has 12 heavy (non-hydrogen) atoms. The van der Waals surface area contributed by atoms with Crippen molar-refractivity contribution in [1.29, 1.82) is 0 Å². The largest absolute Gasteiger partial charge is 0.398 e. The first kappa shape index (κ1) is 9.15. The zero-order valence-corrected chi connectivity index (χ0v) is 8.61. The lowest BCUT2D eigenvalue weighted by atomic mass is 10.2. The quantitative estimate of drug-likeness (QED) is 0.276. The van der Waals surface area contributed by atoms with Gasteiger partial charge in [0.1, 0.15) is 0 Å². The van der Waals surface area contributed by atoms with Crippen LogP contribution in [0.25, 0.3) is 10.4 Å². The molecule has 0 unspecified atom stereocenters. The Kier molecular flexibility index (Phi) is 2.78. The van der Waals surface area contributed by atoms with Crippen molar-refractivity contribution < 1.29 is 0 Å². The summed E-state index contributed by atoms with van der Waals surface area (Å²) in [6.45, 7) is 1.96. The molecule has 0 fully saturated rings. The van der Waals surface area contributed by atoms with Crippen molar-refractivity contribution in [2.24, 2.45) is 5.11 Å². The minimum atomic E-state index is 0.493. The smallest absolute Gasteiger partial charge is 0.0615 e. The normalized spacial score (nSPS) is 9.17. The Labute approximate surface area is 83.5 Å². The maximum Gasteiger partial charge on any atom is 0.0615 e. The summed E-state index contributed by atoms with van der Waals surface area (Å²) in [7, 11) is 0. The molecule has 0 heterocycles. The van der Waals surface area contributed by atoms with Gasteiger partial charge in [0.15, 0.2) is 0 Å². The summed E-state index contributed by atoms with van der Waals surface area (Å²) >= 11 is 2.17. The number of hydrogen-bond donors (Lipinski definition) is 1. The third-order valence-corrected chi connectivity index (χ3v) is 2.62. The van der Waals surface area contributed by atoms with E-state index in [2.05, 4.69) is 32.6 Å². The molecule has 1 rings (SSSR count). The summed E-state index contributed by atoms with van der Waals surface area (Å²) < 4.78 is 1.05. The van der Waals surface area contributed by atoms with Gasteiger partial charge in [0.2, 0.25) is 0 Å². The second-order valence-electron chi connectivity index (χ2n) is 2.35. The summed E-state index contributed by atoms with van der Waals surface area (Å²) in [6, 6.07) is 3.57. The number of nitrogen functional groups attached to an aromatic ring is 1. The van der Waals surface area contributed by atoms with Crippen LogP contribution in [0, 0.1) is 10.5 Å². The van der Waals surface area contributed by atoms with Gasteiger partial charge in [-0.1, -0.05) is 5.11 Å². The topological polar surface area (TPSA) is 74.8 Å². The Balaban J connectivity index is 3.32. The van der Waals surface area contributed by atoms with E-state index >= 15 is 0 Å². The van der Waals surface area contributed by atoms with E-state index < -0.39 is 0 Å². The van der Waals surface area contributed by atoms with Crippen LogP contribution in [0.5, 0.6) is 0 Å². The van der Waals surface area contributed by atoms with E-state index in [0.29, 0.717) is 11.4 Å². The maximum absolute atomic E-state index is 8.20. The van der Waals surface area contributed by atoms with Crippen LogP contribution in [0.2, 0.25) is 0 Å². The second kappa shape index (κ2) is 3.64. The summed E-state index contributed by atoms with van der Waals surface area (Å²) in [4.78, 5) is 2.68. The summed E-state index contributed by atoms with van der Waals surface area (Å²) in [5.41, 5.74) is 15.9. The van der Waals surface area contributed by atoms with Crippen LogP contribution in [-0.2, 0) is 0 Å². The molecule has 0 aliphatic heterocycles. The van der Waals surface area contributed by atoms with Gasteiger partial charge in [-0.15, -0.1) is 0 Å². The minimum Gasteiger partial charge on any atom is -0.398 e. The Bertz CT molecular complexity index is 355. The second-order valence-corrected chi connectivity index (χ2v) is 3.51. The number of azide groups is 1. The van der Waals surface area contributed by atoms with Crippen molar-refractivity contribution in [3.63, 3.8) is 0 Å². The fourth-order valence-electron chi connectivity index (χ4n) is 0.828. The highest BCUT2D eigenvalue weighted by Crippen LogP contribution is 2.26. The van der Waals surface area contributed by atoms with E-state index in [1.807, 2.05) is 6.92 Å². The van der Waals surface area contributed by atoms with Gasteiger partial charge in [-0.2, -0.15) is 0 Å². The summed E-state index contributed by atoms with van der Waals surface area (Å²) in [6.07, 6.45) is 0. The third-order valence-electron chi connectivity index (χ3n) is 1.46. The van der Waals surface area contributed by atoms with Crippen LogP contribution in [0.3, 0.4) is 0 Å². The fourth-order valence-corrected chi connectivity index (χ4v) is 1.28. The number of aryl methyl sites for hydroxylation is 1. The van der Waals surface area contributed by atoms with E-state index in [-0.39, 0.29) is 0 Å². The molecule has 62 valence electrons. The van der Waals surface area contributed by atoms with Gasteiger partial charge in [-0.05, 0) is 52.7 Å². The van der Waals surface area contributed by atoms with Crippen molar-refractivity contribution in [2.45, 2.75) is 6.92 Å². The predicted octanol–water partition coefficient (Wildman–Crippen LogP) is 3.12. The molecule has 0 aromatic heterocycles. The molecule has 0 saturated carbocycles. The lowest BCUT2D eigenvalue weighted by molar-refractivity contribution is 1.39. The molecule has 0 bridgehead atoms. The van der Waals surface area contributed by atoms with Crippen molar-refractivity contribution in [1.82, 2.24) is 0 Å². The number of anilines is 1. The Morgan fingerprint density at radius 2 is 2.25 bits per heavy atom. The number of hydrogen-bond acceptors (Lipinski definition) is 2. The highest BCUT2D eigenvalue weighted by molar-refractivity contribution is 14.1. The number of rotatable bonds is 1. The first-order valence-corrected chi connectivity index (χ1v) is 4.33. The fraction of sp³-hybridized carbons (Fsp3) is 0.143. The van der Waals surface area contributed by atoms with Crippen LogP contribution < -0.4 is 5.73 Å². The molecule has 4 nitrogen and oxygen atoms in total. The maximum atomic E-state index is 8.20. The number of benzene rings is 1. The average molecular weight is 274 g/mol. The van der Waals surface area contributed by atoms with Crippen molar-refractivity contribution in [2.75, 3.05) is 5.73 Å². The first-order chi connectivity index (χ1) is 5.65. The Morgan fingerprint density at radius 3 is 2.83 bits per heavy atom. The lowest BCUT2D eigenvalue weighted by Gasteiger charge is -2.02. The predicted molar refractivity (Wildman–Crippen MR) is 57.1 cm³/mol. The van der Waals surface area contributed by atoms with Gasteiger partial charge in [0, 0.05) is 14.2 Å². The minimum absolute atomic E-state index is 0.493. The van der Waals surface area contributed by atoms with Crippen LogP contribution >= 0.6 is 22.6 Å². The molecular weight excluding hydrogens is 267 g/mol. The van der Waals surface area contributed by atoms with Crippen LogP contribution in [-0.4, -0.2) is 0 Å². The van der Waals surface area contributed by atoms with Crippen LogP contribution in [0.15, 0.2) is 17.2 Å². The Hall–Kier alpha value is -0.940. The molecule has 1 aromatic rings. The molecule has 0 spiro atoms. The first-order valence-electron chi connectivity index (χ1n) is 3.26. The summed E-state index contributed by atoms with van der Waals surface area (Å²) in [5, 5.41) is 3.46. The lowest BCUT2D eigenvalue weighted by Crippen LogP contribution is -1.88. The van der Waals surface area contributed by atoms with E-state index in [0.717, 1.165) is 9.13 Å². The molecule has 0 atom stereocenters. The van der Waals surface area contributed by atoms with Gasteiger partial charge < -0.3 is 5.73 Å². The molecule has 0 aliphatic carbocycles. The monoisotopic (exact) mass is 274 g/mol. The van der Waals surface area contributed by atoms with Gasteiger partial charge in [-0.25, -0.2) is 0 Å². The molecular formula is C7H7IN4. The highest BCUT2D eigenvalue weighted by Gasteiger charge is 2.00. The standard InChI is InChI=1S/C7H7IN4/c1-4-2-6(9)7(11-12-10)3-5(4)8/h2-3H,9H2,1H3. The molecule has 0 aliphatic rings. The van der Waals surface area contributed by atoms with Gasteiger partial charge in [0.05, 0.1) is 5.69 Å². The average Bonchev–Trinajstić information content (AvgIpc) is 2.01. The van der Waals surface area contributed by atoms with Crippen LogP contribution in [0.4, 0.5) is 11.4 Å². The van der Waals surface area contributed by atoms with Gasteiger partial charge in [0.25, 0.3) is 0 Å². The molecule has 0 radical (unpaired) electrons.